The van der Waals surface area contributed by atoms with E-state index < -0.39 is 0 Å². The lowest BCUT2D eigenvalue weighted by atomic mass is 9.99. The summed E-state index contributed by atoms with van der Waals surface area (Å²) < 4.78 is 0.898. The number of rotatable bonds is 2. The molecular weight excluding hydrogens is 312 g/mol. The minimum absolute atomic E-state index is 0.105. The number of amides is 1. The van der Waals surface area contributed by atoms with Crippen LogP contribution in [0, 0.1) is 20.8 Å². The second-order valence-electron chi connectivity index (χ2n) is 4.20. The Morgan fingerprint density at radius 2 is 1.89 bits per heavy atom. The Morgan fingerprint density at radius 3 is 2.39 bits per heavy atom. The van der Waals surface area contributed by atoms with Crippen molar-refractivity contribution >= 4 is 38.3 Å². The van der Waals surface area contributed by atoms with E-state index in [-0.39, 0.29) is 5.91 Å². The van der Waals surface area contributed by atoms with E-state index in [1.165, 1.54) is 16.9 Å². The zero-order chi connectivity index (χ0) is 13.3. The molecule has 1 amide bonds. The molecule has 3 nitrogen and oxygen atoms in total. The van der Waals surface area contributed by atoms with Gasteiger partial charge in [-0.15, -0.1) is 0 Å². The fraction of sp³-hybridized carbons (Fsp3) is 0.231. The Balaban J connectivity index is 2.29. The van der Waals surface area contributed by atoms with Crippen LogP contribution in [0.5, 0.6) is 0 Å². The number of hydrogen-bond donors (Lipinski definition) is 1. The molecule has 2 rings (SSSR count). The van der Waals surface area contributed by atoms with Crippen LogP contribution in [0.15, 0.2) is 22.1 Å². The number of halogens is 1. The van der Waals surface area contributed by atoms with Crippen LogP contribution in [-0.4, -0.2) is 10.9 Å². The summed E-state index contributed by atoms with van der Waals surface area (Å²) >= 11 is 4.72. The quantitative estimate of drug-likeness (QED) is 0.904. The molecule has 0 saturated carbocycles. The van der Waals surface area contributed by atoms with Crippen molar-refractivity contribution in [2.75, 3.05) is 5.32 Å². The molecule has 1 aromatic carbocycles. The molecule has 0 aliphatic rings. The zero-order valence-electron chi connectivity index (χ0n) is 10.4. The third kappa shape index (κ3) is 2.79. The van der Waals surface area contributed by atoms with Crippen molar-refractivity contribution < 1.29 is 4.79 Å². The molecule has 0 atom stereocenters. The molecular formula is C13H13BrN2OS. The third-order valence-corrected chi connectivity index (χ3v) is 3.99. The summed E-state index contributed by atoms with van der Waals surface area (Å²) in [6.07, 6.45) is 1.68. The molecule has 0 aliphatic carbocycles. The Kier molecular flexibility index (Phi) is 3.82. The van der Waals surface area contributed by atoms with Crippen molar-refractivity contribution in [3.63, 3.8) is 0 Å². The molecule has 2 aromatic rings. The van der Waals surface area contributed by atoms with Gasteiger partial charge in [-0.25, -0.2) is 4.98 Å². The van der Waals surface area contributed by atoms with Crippen molar-refractivity contribution in [3.8, 4) is 0 Å². The maximum Gasteiger partial charge on any atom is 0.257 e. The van der Waals surface area contributed by atoms with E-state index in [9.17, 15) is 4.79 Å². The van der Waals surface area contributed by atoms with Crippen LogP contribution in [-0.2, 0) is 0 Å². The number of thiazole rings is 1. The molecule has 5 heteroatoms. The number of anilines is 1. The summed E-state index contributed by atoms with van der Waals surface area (Å²) in [5.41, 5.74) is 3.87. The first-order chi connectivity index (χ1) is 8.47. The highest BCUT2D eigenvalue weighted by atomic mass is 79.9. The summed E-state index contributed by atoms with van der Waals surface area (Å²) in [5, 5.41) is 3.42. The van der Waals surface area contributed by atoms with Gasteiger partial charge in [-0.05, 0) is 47.8 Å². The maximum atomic E-state index is 12.2. The molecule has 0 saturated heterocycles. The van der Waals surface area contributed by atoms with Gasteiger partial charge >= 0.3 is 0 Å². The van der Waals surface area contributed by atoms with Crippen molar-refractivity contribution in [2.45, 2.75) is 20.8 Å². The SMILES string of the molecule is Cc1cc(C)c(C(=O)Nc2ncc(Br)s2)c(C)c1. The van der Waals surface area contributed by atoms with Crippen molar-refractivity contribution in [1.82, 2.24) is 4.98 Å². The van der Waals surface area contributed by atoms with Gasteiger partial charge < -0.3 is 0 Å². The molecule has 0 radical (unpaired) electrons. The van der Waals surface area contributed by atoms with Crippen molar-refractivity contribution in [1.29, 1.82) is 0 Å². The van der Waals surface area contributed by atoms with E-state index in [2.05, 4.69) is 26.2 Å². The third-order valence-electron chi connectivity index (χ3n) is 2.60. The first kappa shape index (κ1) is 13.2. The monoisotopic (exact) mass is 324 g/mol. The number of aromatic nitrogens is 1. The lowest BCUT2D eigenvalue weighted by Gasteiger charge is -2.10. The summed E-state index contributed by atoms with van der Waals surface area (Å²) in [5.74, 6) is -0.105. The average Bonchev–Trinajstić information content (AvgIpc) is 2.62. The molecule has 1 heterocycles. The average molecular weight is 325 g/mol. The molecule has 0 spiro atoms. The lowest BCUT2D eigenvalue weighted by molar-refractivity contribution is 0.102. The summed E-state index contributed by atoms with van der Waals surface area (Å²) in [7, 11) is 0. The van der Waals surface area contributed by atoms with Crippen molar-refractivity contribution in [2.24, 2.45) is 0 Å². The molecule has 94 valence electrons. The van der Waals surface area contributed by atoms with Gasteiger partial charge in [0.1, 0.15) is 0 Å². The highest BCUT2D eigenvalue weighted by Gasteiger charge is 2.14. The lowest BCUT2D eigenvalue weighted by Crippen LogP contribution is -2.15. The Morgan fingerprint density at radius 1 is 1.28 bits per heavy atom. The number of hydrogen-bond acceptors (Lipinski definition) is 3. The molecule has 0 unspecified atom stereocenters. The molecule has 1 N–H and O–H groups in total. The number of carbonyl (C=O) groups excluding carboxylic acids is 1. The van der Waals surface area contributed by atoms with Crippen LogP contribution >= 0.6 is 27.3 Å². The van der Waals surface area contributed by atoms with E-state index in [0.29, 0.717) is 5.13 Å². The first-order valence-corrected chi connectivity index (χ1v) is 7.09. The Bertz CT molecular complexity index is 584. The minimum atomic E-state index is -0.105. The smallest absolute Gasteiger partial charge is 0.257 e. The van der Waals surface area contributed by atoms with Crippen LogP contribution in [0.2, 0.25) is 0 Å². The molecule has 0 fully saturated rings. The van der Waals surface area contributed by atoms with Gasteiger partial charge in [0.15, 0.2) is 5.13 Å². The number of nitrogens with zero attached hydrogens (tertiary/aromatic N) is 1. The fourth-order valence-corrected chi connectivity index (χ4v) is 3.11. The van der Waals surface area contributed by atoms with E-state index >= 15 is 0 Å². The van der Waals surface area contributed by atoms with E-state index in [4.69, 9.17) is 0 Å². The second kappa shape index (κ2) is 5.20. The van der Waals surface area contributed by atoms with Gasteiger partial charge in [-0.2, -0.15) is 0 Å². The van der Waals surface area contributed by atoms with Gasteiger partial charge in [-0.3, -0.25) is 10.1 Å². The van der Waals surface area contributed by atoms with E-state index in [1.807, 2.05) is 32.9 Å². The van der Waals surface area contributed by atoms with Gasteiger partial charge in [0.2, 0.25) is 0 Å². The number of aryl methyl sites for hydroxylation is 3. The molecule has 0 bridgehead atoms. The van der Waals surface area contributed by atoms with Crippen LogP contribution in [0.4, 0.5) is 5.13 Å². The largest absolute Gasteiger partial charge is 0.298 e. The zero-order valence-corrected chi connectivity index (χ0v) is 12.8. The normalized spacial score (nSPS) is 10.4. The highest BCUT2D eigenvalue weighted by molar-refractivity contribution is 9.11. The molecule has 18 heavy (non-hydrogen) atoms. The number of benzene rings is 1. The van der Waals surface area contributed by atoms with E-state index in [0.717, 1.165) is 20.5 Å². The Hall–Kier alpha value is -1.20. The molecule has 0 aliphatic heterocycles. The summed E-state index contributed by atoms with van der Waals surface area (Å²) in [4.78, 5) is 16.3. The fourth-order valence-electron chi connectivity index (χ4n) is 2.01. The van der Waals surface area contributed by atoms with Gasteiger partial charge in [-0.1, -0.05) is 29.0 Å². The highest BCUT2D eigenvalue weighted by Crippen LogP contribution is 2.24. The predicted octanol–water partition coefficient (Wildman–Crippen LogP) is 4.08. The van der Waals surface area contributed by atoms with Crippen LogP contribution < -0.4 is 5.32 Å². The number of nitrogens with one attached hydrogen (secondary N) is 1. The maximum absolute atomic E-state index is 12.2. The van der Waals surface area contributed by atoms with Gasteiger partial charge in [0.05, 0.1) is 9.98 Å². The first-order valence-electron chi connectivity index (χ1n) is 5.48. The topological polar surface area (TPSA) is 42.0 Å². The van der Waals surface area contributed by atoms with Gasteiger partial charge in [0, 0.05) is 5.56 Å². The van der Waals surface area contributed by atoms with Crippen LogP contribution in [0.3, 0.4) is 0 Å². The second-order valence-corrected chi connectivity index (χ2v) is 6.61. The van der Waals surface area contributed by atoms with Gasteiger partial charge in [0.25, 0.3) is 5.91 Å². The Labute approximate surface area is 118 Å². The molecule has 1 aromatic heterocycles. The minimum Gasteiger partial charge on any atom is -0.298 e. The van der Waals surface area contributed by atoms with Crippen LogP contribution in [0.25, 0.3) is 0 Å². The van der Waals surface area contributed by atoms with E-state index in [1.54, 1.807) is 6.20 Å². The van der Waals surface area contributed by atoms with Crippen molar-refractivity contribution in [3.05, 3.63) is 44.4 Å². The predicted molar refractivity (Wildman–Crippen MR) is 78.4 cm³/mol. The summed E-state index contributed by atoms with van der Waals surface area (Å²) in [6.45, 7) is 5.93. The standard InChI is InChI=1S/C13H13BrN2OS/c1-7-4-8(2)11(9(3)5-7)12(17)16-13-15-6-10(14)18-13/h4-6H,1-3H3,(H,15,16,17). The summed E-state index contributed by atoms with van der Waals surface area (Å²) in [6, 6.07) is 4.03. The van der Waals surface area contributed by atoms with Crippen LogP contribution in [0.1, 0.15) is 27.0 Å². The number of carbonyl (C=O) groups is 1.